The molecule has 0 unspecified atom stereocenters. The van der Waals surface area contributed by atoms with Gasteiger partial charge in [0.05, 0.1) is 5.75 Å². The van der Waals surface area contributed by atoms with E-state index in [2.05, 4.69) is 26.1 Å². The van der Waals surface area contributed by atoms with E-state index in [0.29, 0.717) is 19.0 Å². The molecule has 114 valence electrons. The van der Waals surface area contributed by atoms with Crippen molar-refractivity contribution >= 4 is 10.0 Å². The second-order valence-corrected chi connectivity index (χ2v) is 9.16. The van der Waals surface area contributed by atoms with Crippen LogP contribution in [0.25, 0.3) is 0 Å². The van der Waals surface area contributed by atoms with Crippen LogP contribution >= 0.6 is 0 Å². The molecule has 0 aromatic rings. The molecule has 0 aliphatic carbocycles. The van der Waals surface area contributed by atoms with Crippen LogP contribution in [-0.2, 0) is 10.0 Å². The van der Waals surface area contributed by atoms with Crippen LogP contribution in [0.5, 0.6) is 0 Å². The lowest BCUT2D eigenvalue weighted by molar-refractivity contribution is 0.251. The molecule has 0 saturated carbocycles. The molecule has 1 rings (SSSR count). The lowest BCUT2D eigenvalue weighted by atomic mass is 9.97. The zero-order valence-electron chi connectivity index (χ0n) is 13.1. The van der Waals surface area contributed by atoms with Gasteiger partial charge in [-0.1, -0.05) is 13.8 Å². The van der Waals surface area contributed by atoms with Gasteiger partial charge in [0.1, 0.15) is 0 Å². The zero-order valence-corrected chi connectivity index (χ0v) is 13.9. The summed E-state index contributed by atoms with van der Waals surface area (Å²) in [5, 5.41) is 3.51. The van der Waals surface area contributed by atoms with Crippen molar-refractivity contribution in [1.82, 2.24) is 9.62 Å². The van der Waals surface area contributed by atoms with E-state index in [0.717, 1.165) is 19.4 Å². The third kappa shape index (κ3) is 6.23. The minimum absolute atomic E-state index is 0.140. The Bertz CT molecular complexity index is 363. The molecule has 19 heavy (non-hydrogen) atoms. The number of sulfonamides is 1. The standard InChI is InChI=1S/C14H30N2O2S/c1-12(2)11-19(17,18)16-8-6-13(7-9-16)10-15-14(3,4)5/h12-13,15H,6-11H2,1-5H3. The van der Waals surface area contributed by atoms with E-state index in [1.54, 1.807) is 4.31 Å². The Labute approximate surface area is 119 Å². The van der Waals surface area contributed by atoms with Gasteiger partial charge >= 0.3 is 0 Å². The van der Waals surface area contributed by atoms with Gasteiger partial charge in [-0.3, -0.25) is 0 Å². The lowest BCUT2D eigenvalue weighted by Gasteiger charge is -2.33. The third-order valence-corrected chi connectivity index (χ3v) is 5.67. The molecule has 1 heterocycles. The zero-order chi connectivity index (χ0) is 14.7. The first-order valence-electron chi connectivity index (χ1n) is 7.33. The van der Waals surface area contributed by atoms with E-state index in [-0.39, 0.29) is 17.2 Å². The molecular formula is C14H30N2O2S. The maximum absolute atomic E-state index is 12.1. The van der Waals surface area contributed by atoms with Crippen molar-refractivity contribution in [2.75, 3.05) is 25.4 Å². The summed E-state index contributed by atoms with van der Waals surface area (Å²) >= 11 is 0. The summed E-state index contributed by atoms with van der Waals surface area (Å²) in [5.74, 6) is 1.08. The Morgan fingerprint density at radius 3 is 2.16 bits per heavy atom. The summed E-state index contributed by atoms with van der Waals surface area (Å²) in [6, 6.07) is 0. The highest BCUT2D eigenvalue weighted by molar-refractivity contribution is 7.89. The van der Waals surface area contributed by atoms with Gasteiger partial charge in [-0.15, -0.1) is 0 Å². The van der Waals surface area contributed by atoms with E-state index in [4.69, 9.17) is 0 Å². The molecule has 0 spiro atoms. The number of piperidine rings is 1. The Morgan fingerprint density at radius 1 is 1.21 bits per heavy atom. The van der Waals surface area contributed by atoms with Crippen LogP contribution in [0.1, 0.15) is 47.5 Å². The highest BCUT2D eigenvalue weighted by atomic mass is 32.2. The average Bonchev–Trinajstić information content (AvgIpc) is 2.24. The largest absolute Gasteiger partial charge is 0.312 e. The molecule has 0 amide bonds. The van der Waals surface area contributed by atoms with Gasteiger partial charge in [-0.05, 0) is 52.0 Å². The first kappa shape index (κ1) is 16.9. The van der Waals surface area contributed by atoms with Crippen LogP contribution < -0.4 is 5.32 Å². The molecule has 1 saturated heterocycles. The van der Waals surface area contributed by atoms with Gasteiger partial charge in [0.15, 0.2) is 0 Å². The summed E-state index contributed by atoms with van der Waals surface area (Å²) in [5.41, 5.74) is 0.140. The fourth-order valence-electron chi connectivity index (χ4n) is 2.37. The van der Waals surface area contributed by atoms with Gasteiger partial charge in [-0.2, -0.15) is 0 Å². The second kappa shape index (κ2) is 6.55. The first-order valence-corrected chi connectivity index (χ1v) is 8.94. The van der Waals surface area contributed by atoms with Gasteiger partial charge in [0, 0.05) is 18.6 Å². The minimum atomic E-state index is -3.04. The van der Waals surface area contributed by atoms with E-state index < -0.39 is 10.0 Å². The molecule has 1 aliphatic rings. The van der Waals surface area contributed by atoms with Crippen LogP contribution in [0.4, 0.5) is 0 Å². The predicted octanol–water partition coefficient (Wildman–Crippen LogP) is 2.07. The quantitative estimate of drug-likeness (QED) is 0.843. The van der Waals surface area contributed by atoms with Crippen LogP contribution in [0.15, 0.2) is 0 Å². The van der Waals surface area contributed by atoms with Crippen molar-refractivity contribution in [2.24, 2.45) is 11.8 Å². The van der Waals surface area contributed by atoms with Gasteiger partial charge in [0.2, 0.25) is 10.0 Å². The van der Waals surface area contributed by atoms with Crippen molar-refractivity contribution in [3.63, 3.8) is 0 Å². The molecule has 1 aliphatic heterocycles. The molecule has 4 nitrogen and oxygen atoms in total. The summed E-state index contributed by atoms with van der Waals surface area (Å²) in [4.78, 5) is 0. The maximum Gasteiger partial charge on any atom is 0.214 e. The molecule has 1 N–H and O–H groups in total. The SMILES string of the molecule is CC(C)CS(=O)(=O)N1CCC(CNC(C)(C)C)CC1. The van der Waals surface area contributed by atoms with E-state index in [1.807, 2.05) is 13.8 Å². The normalized spacial score (nSPS) is 20.1. The number of nitrogens with zero attached hydrogens (tertiary/aromatic N) is 1. The van der Waals surface area contributed by atoms with Crippen molar-refractivity contribution in [3.05, 3.63) is 0 Å². The van der Waals surface area contributed by atoms with Gasteiger partial charge in [0.25, 0.3) is 0 Å². The highest BCUT2D eigenvalue weighted by Crippen LogP contribution is 2.20. The molecule has 1 fully saturated rings. The Morgan fingerprint density at radius 2 is 1.74 bits per heavy atom. The van der Waals surface area contributed by atoms with E-state index in [9.17, 15) is 8.42 Å². The van der Waals surface area contributed by atoms with Gasteiger partial charge < -0.3 is 5.32 Å². The second-order valence-electron chi connectivity index (χ2n) is 7.15. The van der Waals surface area contributed by atoms with Crippen LogP contribution in [0.3, 0.4) is 0 Å². The maximum atomic E-state index is 12.1. The monoisotopic (exact) mass is 290 g/mol. The fourth-order valence-corrected chi connectivity index (χ4v) is 4.19. The molecule has 0 bridgehead atoms. The van der Waals surface area contributed by atoms with Crippen molar-refractivity contribution in [3.8, 4) is 0 Å². The van der Waals surface area contributed by atoms with E-state index in [1.165, 1.54) is 0 Å². The Hall–Kier alpha value is -0.130. The predicted molar refractivity (Wildman–Crippen MR) is 80.7 cm³/mol. The first-order chi connectivity index (χ1) is 8.60. The smallest absolute Gasteiger partial charge is 0.214 e. The highest BCUT2D eigenvalue weighted by Gasteiger charge is 2.28. The molecule has 0 radical (unpaired) electrons. The van der Waals surface area contributed by atoms with Crippen molar-refractivity contribution in [2.45, 2.75) is 53.0 Å². The molecule has 0 aromatic heterocycles. The number of rotatable bonds is 5. The van der Waals surface area contributed by atoms with Crippen molar-refractivity contribution in [1.29, 1.82) is 0 Å². The summed E-state index contributed by atoms with van der Waals surface area (Å²) in [7, 11) is -3.04. The third-order valence-electron chi connectivity index (χ3n) is 3.43. The number of nitrogens with one attached hydrogen (secondary N) is 1. The topological polar surface area (TPSA) is 49.4 Å². The Kier molecular flexibility index (Phi) is 5.83. The number of hydrogen-bond donors (Lipinski definition) is 1. The number of hydrogen-bond acceptors (Lipinski definition) is 3. The van der Waals surface area contributed by atoms with Gasteiger partial charge in [-0.25, -0.2) is 12.7 Å². The molecule has 0 aromatic carbocycles. The van der Waals surface area contributed by atoms with E-state index >= 15 is 0 Å². The lowest BCUT2D eigenvalue weighted by Crippen LogP contribution is -2.45. The summed E-state index contributed by atoms with van der Waals surface area (Å²) in [6.45, 7) is 12.8. The molecular weight excluding hydrogens is 260 g/mol. The average molecular weight is 290 g/mol. The minimum Gasteiger partial charge on any atom is -0.312 e. The Balaban J connectivity index is 2.41. The van der Waals surface area contributed by atoms with Crippen LogP contribution in [-0.4, -0.2) is 43.6 Å². The molecule has 5 heteroatoms. The molecule has 0 atom stereocenters. The van der Waals surface area contributed by atoms with Crippen LogP contribution in [0.2, 0.25) is 0 Å². The van der Waals surface area contributed by atoms with Crippen LogP contribution in [0, 0.1) is 11.8 Å². The summed E-state index contributed by atoms with van der Waals surface area (Å²) in [6.07, 6.45) is 1.95. The fraction of sp³-hybridized carbons (Fsp3) is 1.00. The summed E-state index contributed by atoms with van der Waals surface area (Å²) < 4.78 is 25.9. The van der Waals surface area contributed by atoms with Crippen molar-refractivity contribution < 1.29 is 8.42 Å².